The van der Waals surface area contributed by atoms with Crippen molar-refractivity contribution in [3.63, 3.8) is 0 Å². The quantitative estimate of drug-likeness (QED) is 0.881. The summed E-state index contributed by atoms with van der Waals surface area (Å²) in [6.45, 7) is 7.11. The number of amides is 1. The van der Waals surface area contributed by atoms with E-state index in [1.54, 1.807) is 19.2 Å². The molecule has 2 rings (SSSR count). The third-order valence-corrected chi connectivity index (χ3v) is 4.07. The van der Waals surface area contributed by atoms with Gasteiger partial charge in [-0.2, -0.15) is 0 Å². The Bertz CT molecular complexity index is 470. The van der Waals surface area contributed by atoms with Crippen molar-refractivity contribution in [2.45, 2.75) is 13.0 Å². The zero-order valence-electron chi connectivity index (χ0n) is 13.1. The SMILES string of the molecule is COc1ccccc1C(=O)NC[C@@H](C)N1CCN(C)CC1. The van der Waals surface area contributed by atoms with Crippen LogP contribution in [-0.4, -0.2) is 68.6 Å². The lowest BCUT2D eigenvalue weighted by Gasteiger charge is -2.36. The molecule has 5 heteroatoms. The minimum absolute atomic E-state index is 0.0755. The number of nitrogens with zero attached hydrogens (tertiary/aromatic N) is 2. The highest BCUT2D eigenvalue weighted by molar-refractivity contribution is 5.96. The van der Waals surface area contributed by atoms with Gasteiger partial charge in [0.15, 0.2) is 0 Å². The van der Waals surface area contributed by atoms with Gasteiger partial charge in [0.25, 0.3) is 5.91 Å². The van der Waals surface area contributed by atoms with Crippen molar-refractivity contribution in [2.75, 3.05) is 46.9 Å². The Hall–Kier alpha value is -1.59. The van der Waals surface area contributed by atoms with Crippen LogP contribution in [0.25, 0.3) is 0 Å². The maximum atomic E-state index is 12.2. The normalized spacial score (nSPS) is 18.2. The van der Waals surface area contributed by atoms with Crippen LogP contribution in [0.1, 0.15) is 17.3 Å². The maximum Gasteiger partial charge on any atom is 0.255 e. The molecule has 1 N–H and O–H groups in total. The smallest absolute Gasteiger partial charge is 0.255 e. The summed E-state index contributed by atoms with van der Waals surface area (Å²) in [5.41, 5.74) is 0.588. The zero-order valence-corrected chi connectivity index (χ0v) is 13.1. The standard InChI is InChI=1S/C16H25N3O2/c1-13(19-10-8-18(2)9-11-19)12-17-16(20)14-6-4-5-7-15(14)21-3/h4-7,13H,8-12H2,1-3H3,(H,17,20)/t13-/m1/s1. The van der Waals surface area contributed by atoms with Crippen molar-refractivity contribution in [1.82, 2.24) is 15.1 Å². The Morgan fingerprint density at radius 2 is 1.95 bits per heavy atom. The summed E-state index contributed by atoms with van der Waals surface area (Å²) in [5.74, 6) is 0.538. The number of carbonyl (C=O) groups excluding carboxylic acids is 1. The first-order valence-electron chi connectivity index (χ1n) is 7.45. The number of likely N-dealkylation sites (N-methyl/N-ethyl adjacent to an activating group) is 1. The summed E-state index contributed by atoms with van der Waals surface area (Å²) >= 11 is 0. The van der Waals surface area contributed by atoms with E-state index in [1.165, 1.54) is 0 Å². The van der Waals surface area contributed by atoms with E-state index in [9.17, 15) is 4.79 Å². The summed E-state index contributed by atoms with van der Waals surface area (Å²) in [5, 5.41) is 3.01. The molecule has 1 saturated heterocycles. The van der Waals surface area contributed by atoms with Gasteiger partial charge >= 0.3 is 0 Å². The molecule has 1 fully saturated rings. The molecule has 0 radical (unpaired) electrons. The van der Waals surface area contributed by atoms with Crippen LogP contribution in [0.5, 0.6) is 5.75 Å². The molecule has 0 unspecified atom stereocenters. The number of methoxy groups -OCH3 is 1. The van der Waals surface area contributed by atoms with Crippen molar-refractivity contribution in [3.8, 4) is 5.75 Å². The summed E-state index contributed by atoms with van der Waals surface area (Å²) in [4.78, 5) is 17.0. The minimum atomic E-state index is -0.0755. The van der Waals surface area contributed by atoms with Crippen molar-refractivity contribution in [2.24, 2.45) is 0 Å². The fourth-order valence-electron chi connectivity index (χ4n) is 2.56. The first-order chi connectivity index (χ1) is 10.1. The number of rotatable bonds is 5. The van der Waals surface area contributed by atoms with Gasteiger partial charge in [0.05, 0.1) is 12.7 Å². The van der Waals surface area contributed by atoms with Gasteiger partial charge < -0.3 is 15.0 Å². The Kier molecular flexibility index (Phi) is 5.59. The lowest BCUT2D eigenvalue weighted by Crippen LogP contribution is -2.51. The molecular formula is C16H25N3O2. The van der Waals surface area contributed by atoms with Gasteiger partial charge in [-0.1, -0.05) is 12.1 Å². The van der Waals surface area contributed by atoms with Crippen LogP contribution in [0.15, 0.2) is 24.3 Å². The summed E-state index contributed by atoms with van der Waals surface area (Å²) in [6.07, 6.45) is 0. The highest BCUT2D eigenvalue weighted by Crippen LogP contribution is 2.16. The van der Waals surface area contributed by atoms with E-state index in [2.05, 4.69) is 29.1 Å². The van der Waals surface area contributed by atoms with Crippen LogP contribution in [0, 0.1) is 0 Å². The zero-order chi connectivity index (χ0) is 15.2. The monoisotopic (exact) mass is 291 g/mol. The molecular weight excluding hydrogens is 266 g/mol. The van der Waals surface area contributed by atoms with E-state index in [1.807, 2.05) is 12.1 Å². The average Bonchev–Trinajstić information content (AvgIpc) is 2.52. The second kappa shape index (κ2) is 7.43. The number of nitrogens with one attached hydrogen (secondary N) is 1. The highest BCUT2D eigenvalue weighted by Gasteiger charge is 2.20. The summed E-state index contributed by atoms with van der Waals surface area (Å²) in [6, 6.07) is 7.65. The topological polar surface area (TPSA) is 44.8 Å². The minimum Gasteiger partial charge on any atom is -0.496 e. The Morgan fingerprint density at radius 3 is 2.62 bits per heavy atom. The second-order valence-electron chi connectivity index (χ2n) is 5.60. The molecule has 0 bridgehead atoms. The fraction of sp³-hybridized carbons (Fsp3) is 0.562. The summed E-state index contributed by atoms with van der Waals surface area (Å²) < 4.78 is 5.22. The number of hydrogen-bond donors (Lipinski definition) is 1. The van der Waals surface area contributed by atoms with Gasteiger partial charge in [-0.3, -0.25) is 9.69 Å². The highest BCUT2D eigenvalue weighted by atomic mass is 16.5. The molecule has 1 aromatic rings. The van der Waals surface area contributed by atoms with Crippen LogP contribution >= 0.6 is 0 Å². The Labute approximate surface area is 126 Å². The molecule has 5 nitrogen and oxygen atoms in total. The Morgan fingerprint density at radius 1 is 1.29 bits per heavy atom. The lowest BCUT2D eigenvalue weighted by molar-refractivity contribution is 0.0901. The van der Waals surface area contributed by atoms with E-state index in [-0.39, 0.29) is 5.91 Å². The molecule has 0 aliphatic carbocycles. The van der Waals surface area contributed by atoms with E-state index in [0.29, 0.717) is 23.9 Å². The predicted molar refractivity (Wildman–Crippen MR) is 83.9 cm³/mol. The third kappa shape index (κ3) is 4.19. The second-order valence-corrected chi connectivity index (χ2v) is 5.60. The number of carbonyl (C=O) groups is 1. The summed E-state index contributed by atoms with van der Waals surface area (Å²) in [7, 11) is 3.73. The number of benzene rings is 1. The predicted octanol–water partition coefficient (Wildman–Crippen LogP) is 1.06. The average molecular weight is 291 g/mol. The molecule has 0 aromatic heterocycles. The van der Waals surface area contributed by atoms with Crippen molar-refractivity contribution >= 4 is 5.91 Å². The molecule has 0 saturated carbocycles. The van der Waals surface area contributed by atoms with Crippen molar-refractivity contribution in [3.05, 3.63) is 29.8 Å². The van der Waals surface area contributed by atoms with Crippen LogP contribution < -0.4 is 10.1 Å². The molecule has 1 atom stereocenters. The molecule has 0 spiro atoms. The van der Waals surface area contributed by atoms with Crippen LogP contribution in [0.4, 0.5) is 0 Å². The van der Waals surface area contributed by atoms with Gasteiger partial charge in [0.2, 0.25) is 0 Å². The van der Waals surface area contributed by atoms with Gasteiger partial charge in [-0.15, -0.1) is 0 Å². The lowest BCUT2D eigenvalue weighted by atomic mass is 10.1. The van der Waals surface area contributed by atoms with E-state index in [4.69, 9.17) is 4.74 Å². The van der Waals surface area contributed by atoms with E-state index in [0.717, 1.165) is 26.2 Å². The molecule has 1 amide bonds. The number of piperazine rings is 1. The van der Waals surface area contributed by atoms with Crippen molar-refractivity contribution < 1.29 is 9.53 Å². The van der Waals surface area contributed by atoms with Crippen molar-refractivity contribution in [1.29, 1.82) is 0 Å². The molecule has 1 aliphatic heterocycles. The van der Waals surface area contributed by atoms with Crippen LogP contribution in [0.2, 0.25) is 0 Å². The largest absolute Gasteiger partial charge is 0.496 e. The van der Waals surface area contributed by atoms with E-state index < -0.39 is 0 Å². The van der Waals surface area contributed by atoms with Gasteiger partial charge in [0.1, 0.15) is 5.75 Å². The molecule has 116 valence electrons. The molecule has 1 heterocycles. The van der Waals surface area contributed by atoms with E-state index >= 15 is 0 Å². The number of para-hydroxylation sites is 1. The van der Waals surface area contributed by atoms with Crippen LogP contribution in [0.3, 0.4) is 0 Å². The van der Waals surface area contributed by atoms with Gasteiger partial charge in [-0.25, -0.2) is 0 Å². The van der Waals surface area contributed by atoms with Gasteiger partial charge in [0, 0.05) is 38.8 Å². The maximum absolute atomic E-state index is 12.2. The Balaban J connectivity index is 1.86. The first-order valence-corrected chi connectivity index (χ1v) is 7.45. The molecule has 1 aliphatic rings. The fourth-order valence-corrected chi connectivity index (χ4v) is 2.56. The van der Waals surface area contributed by atoms with Gasteiger partial charge in [-0.05, 0) is 26.1 Å². The first kappa shape index (κ1) is 15.8. The third-order valence-electron chi connectivity index (χ3n) is 4.07. The number of hydrogen-bond acceptors (Lipinski definition) is 4. The molecule has 1 aromatic carbocycles. The van der Waals surface area contributed by atoms with Crippen LogP contribution in [-0.2, 0) is 0 Å². The molecule has 21 heavy (non-hydrogen) atoms. The number of ether oxygens (including phenoxy) is 1.